The summed E-state index contributed by atoms with van der Waals surface area (Å²) in [5.74, 6) is -0.284. The van der Waals surface area contributed by atoms with E-state index in [0.717, 1.165) is 0 Å². The molecule has 1 saturated carbocycles. The number of aromatic nitrogens is 5. The van der Waals surface area contributed by atoms with Crippen LogP contribution >= 0.6 is 0 Å². The van der Waals surface area contributed by atoms with Crippen LogP contribution in [0.2, 0.25) is 0 Å². The molecule has 1 aliphatic rings. The van der Waals surface area contributed by atoms with Gasteiger partial charge in [-0.3, -0.25) is 9.78 Å². The second kappa shape index (κ2) is 3.86. The molecule has 7 heteroatoms. The zero-order valence-electron chi connectivity index (χ0n) is 9.52. The number of pyridine rings is 1. The molecule has 3 rings (SSSR count). The first-order valence-electron chi connectivity index (χ1n) is 5.62. The highest BCUT2D eigenvalue weighted by atomic mass is 16.4. The lowest BCUT2D eigenvalue weighted by Crippen LogP contribution is -2.22. The van der Waals surface area contributed by atoms with Crippen LogP contribution in [0.25, 0.3) is 11.5 Å². The van der Waals surface area contributed by atoms with Gasteiger partial charge >= 0.3 is 5.97 Å². The Morgan fingerprint density at radius 3 is 2.89 bits per heavy atom. The lowest BCUT2D eigenvalue weighted by molar-refractivity contribution is -0.144. The highest BCUT2D eigenvalue weighted by molar-refractivity contribution is 5.77. The average Bonchev–Trinajstić information content (AvgIpc) is 3.02. The summed E-state index contributed by atoms with van der Waals surface area (Å²) in [5, 5.41) is 20.5. The van der Waals surface area contributed by atoms with Crippen molar-refractivity contribution in [1.82, 2.24) is 25.2 Å². The van der Waals surface area contributed by atoms with Crippen LogP contribution in [0, 0.1) is 5.41 Å². The van der Waals surface area contributed by atoms with Crippen molar-refractivity contribution in [3.8, 4) is 11.5 Å². The molecule has 0 atom stereocenters. The second-order valence-corrected chi connectivity index (χ2v) is 4.46. The molecule has 0 aromatic carbocycles. The first-order chi connectivity index (χ1) is 8.71. The van der Waals surface area contributed by atoms with Crippen LogP contribution in [0.1, 0.15) is 12.8 Å². The van der Waals surface area contributed by atoms with Crippen molar-refractivity contribution in [1.29, 1.82) is 0 Å². The predicted octanol–water partition coefficient (Wildman–Crippen LogP) is 0.600. The number of nitrogens with zero attached hydrogens (tertiary/aromatic N) is 5. The van der Waals surface area contributed by atoms with Gasteiger partial charge in [0.05, 0.1) is 12.0 Å². The summed E-state index contributed by atoms with van der Waals surface area (Å²) < 4.78 is 1.52. The SMILES string of the molecule is O=C(O)C1(Cn2nnnc2-c2ccccn2)CC1. The van der Waals surface area contributed by atoms with E-state index >= 15 is 0 Å². The van der Waals surface area contributed by atoms with Gasteiger partial charge in [-0.2, -0.15) is 0 Å². The number of hydrogen-bond acceptors (Lipinski definition) is 5. The molecule has 2 aromatic heterocycles. The molecule has 1 N–H and O–H groups in total. The average molecular weight is 245 g/mol. The van der Waals surface area contributed by atoms with Gasteiger partial charge in [0, 0.05) is 6.20 Å². The standard InChI is InChI=1S/C11H11N5O2/c17-10(18)11(4-5-11)7-16-9(13-14-15-16)8-3-1-2-6-12-8/h1-3,6H,4-5,7H2,(H,17,18). The van der Waals surface area contributed by atoms with E-state index in [9.17, 15) is 4.79 Å². The smallest absolute Gasteiger partial charge is 0.311 e. The molecule has 0 spiro atoms. The summed E-state index contributed by atoms with van der Waals surface area (Å²) in [5.41, 5.74) is -0.0532. The normalized spacial score (nSPS) is 16.4. The molecule has 1 aliphatic carbocycles. The van der Waals surface area contributed by atoms with Gasteiger partial charge in [0.1, 0.15) is 5.69 Å². The Bertz CT molecular complexity index is 576. The van der Waals surface area contributed by atoms with Crippen LogP contribution < -0.4 is 0 Å². The Hall–Kier alpha value is -2.31. The van der Waals surface area contributed by atoms with E-state index < -0.39 is 11.4 Å². The van der Waals surface area contributed by atoms with Crippen molar-refractivity contribution >= 4 is 5.97 Å². The first-order valence-corrected chi connectivity index (χ1v) is 5.62. The number of aliphatic carboxylic acids is 1. The van der Waals surface area contributed by atoms with Crippen molar-refractivity contribution in [2.75, 3.05) is 0 Å². The largest absolute Gasteiger partial charge is 0.481 e. The number of rotatable bonds is 4. The van der Waals surface area contributed by atoms with Crippen LogP contribution in [0.15, 0.2) is 24.4 Å². The Labute approximate surface area is 102 Å². The molecule has 92 valence electrons. The number of tetrazole rings is 1. The lowest BCUT2D eigenvalue weighted by Gasteiger charge is -2.10. The van der Waals surface area contributed by atoms with Gasteiger partial charge in [0.25, 0.3) is 0 Å². The number of carboxylic acids is 1. The van der Waals surface area contributed by atoms with E-state index in [1.54, 1.807) is 18.3 Å². The molecular formula is C11H11N5O2. The van der Waals surface area contributed by atoms with Gasteiger partial charge in [-0.15, -0.1) is 5.10 Å². The Morgan fingerprint density at radius 2 is 2.28 bits per heavy atom. The molecule has 2 heterocycles. The maximum Gasteiger partial charge on any atom is 0.311 e. The van der Waals surface area contributed by atoms with E-state index in [-0.39, 0.29) is 0 Å². The molecule has 0 radical (unpaired) electrons. The summed E-state index contributed by atoms with van der Waals surface area (Å²) in [6.07, 6.45) is 2.99. The van der Waals surface area contributed by atoms with Crippen LogP contribution in [-0.2, 0) is 11.3 Å². The predicted molar refractivity (Wildman–Crippen MR) is 60.4 cm³/mol. The maximum atomic E-state index is 11.2. The molecule has 2 aromatic rings. The van der Waals surface area contributed by atoms with Gasteiger partial charge in [0.15, 0.2) is 0 Å². The topological polar surface area (TPSA) is 93.8 Å². The number of carboxylic acid groups (broad SMARTS) is 1. The first kappa shape index (κ1) is 10.8. The molecular weight excluding hydrogens is 234 g/mol. The number of hydrogen-bond donors (Lipinski definition) is 1. The monoisotopic (exact) mass is 245 g/mol. The summed E-state index contributed by atoms with van der Waals surface area (Å²) in [4.78, 5) is 15.3. The third kappa shape index (κ3) is 1.73. The quantitative estimate of drug-likeness (QED) is 0.847. The van der Waals surface area contributed by atoms with Gasteiger partial charge in [0.2, 0.25) is 5.82 Å². The van der Waals surface area contributed by atoms with Crippen molar-refractivity contribution in [3.05, 3.63) is 24.4 Å². The van der Waals surface area contributed by atoms with Crippen LogP contribution in [0.3, 0.4) is 0 Å². The fourth-order valence-corrected chi connectivity index (χ4v) is 1.87. The van der Waals surface area contributed by atoms with Crippen molar-refractivity contribution in [2.24, 2.45) is 5.41 Å². The van der Waals surface area contributed by atoms with Gasteiger partial charge in [-0.05, 0) is 35.4 Å². The number of carbonyl (C=O) groups is 1. The highest BCUT2D eigenvalue weighted by Gasteiger charge is 2.51. The maximum absolute atomic E-state index is 11.2. The summed E-state index contributed by atoms with van der Waals surface area (Å²) in [6.45, 7) is 0.293. The zero-order valence-corrected chi connectivity index (χ0v) is 9.52. The van der Waals surface area contributed by atoms with Crippen molar-refractivity contribution in [3.63, 3.8) is 0 Å². The van der Waals surface area contributed by atoms with E-state index in [2.05, 4.69) is 20.5 Å². The van der Waals surface area contributed by atoms with E-state index in [4.69, 9.17) is 5.11 Å². The minimum atomic E-state index is -0.787. The van der Waals surface area contributed by atoms with Gasteiger partial charge < -0.3 is 5.11 Å². The fraction of sp³-hybridized carbons (Fsp3) is 0.364. The molecule has 7 nitrogen and oxygen atoms in total. The van der Waals surface area contributed by atoms with Gasteiger partial charge in [-0.25, -0.2) is 4.68 Å². The minimum Gasteiger partial charge on any atom is -0.481 e. The molecule has 0 bridgehead atoms. The van der Waals surface area contributed by atoms with Crippen molar-refractivity contribution in [2.45, 2.75) is 19.4 Å². The van der Waals surface area contributed by atoms with E-state index in [0.29, 0.717) is 30.9 Å². The Balaban J connectivity index is 1.91. The molecule has 0 aliphatic heterocycles. The molecule has 0 unspecified atom stereocenters. The minimum absolute atomic E-state index is 0.293. The van der Waals surface area contributed by atoms with Gasteiger partial charge in [-0.1, -0.05) is 6.07 Å². The van der Waals surface area contributed by atoms with E-state index in [1.165, 1.54) is 4.68 Å². The Morgan fingerprint density at radius 1 is 1.44 bits per heavy atom. The third-order valence-electron chi connectivity index (χ3n) is 3.19. The molecule has 0 amide bonds. The highest BCUT2D eigenvalue weighted by Crippen LogP contribution is 2.47. The van der Waals surface area contributed by atoms with Crippen LogP contribution in [0.4, 0.5) is 0 Å². The molecule has 0 saturated heterocycles. The van der Waals surface area contributed by atoms with Crippen LogP contribution in [0.5, 0.6) is 0 Å². The second-order valence-electron chi connectivity index (χ2n) is 4.46. The summed E-state index contributed by atoms with van der Waals surface area (Å²) in [7, 11) is 0. The Kier molecular flexibility index (Phi) is 2.32. The summed E-state index contributed by atoms with van der Waals surface area (Å²) in [6, 6.07) is 5.44. The zero-order chi connectivity index (χ0) is 12.6. The molecule has 18 heavy (non-hydrogen) atoms. The van der Waals surface area contributed by atoms with E-state index in [1.807, 2.05) is 6.07 Å². The molecule has 1 fully saturated rings. The van der Waals surface area contributed by atoms with Crippen molar-refractivity contribution < 1.29 is 9.90 Å². The lowest BCUT2D eigenvalue weighted by atomic mass is 10.1. The van der Waals surface area contributed by atoms with Crippen LogP contribution in [-0.4, -0.2) is 36.3 Å². The third-order valence-corrected chi connectivity index (χ3v) is 3.19. The fourth-order valence-electron chi connectivity index (χ4n) is 1.87. The summed E-state index contributed by atoms with van der Waals surface area (Å²) >= 11 is 0.